The number of hydrogen-bond donors (Lipinski definition) is 0. The molecular formula is C42H90N6. The zero-order valence-electron chi connectivity index (χ0n) is 35.3. The lowest BCUT2D eigenvalue weighted by Gasteiger charge is -2.34. The minimum Gasteiger partial charge on any atom is -0.306 e. The Hall–Kier alpha value is -0.240. The van der Waals surface area contributed by atoms with Crippen molar-refractivity contribution in [1.29, 1.82) is 0 Å². The fourth-order valence-electron chi connectivity index (χ4n) is 6.23. The minimum atomic E-state index is 0.819. The van der Waals surface area contributed by atoms with Crippen molar-refractivity contribution in [1.82, 2.24) is 29.4 Å². The highest BCUT2D eigenvalue weighted by Gasteiger charge is 2.22. The summed E-state index contributed by atoms with van der Waals surface area (Å²) in [5, 5.41) is 0. The Kier molecular flexibility index (Phi) is 25.3. The van der Waals surface area contributed by atoms with Crippen LogP contribution in [0.3, 0.4) is 0 Å². The Bertz CT molecular complexity index is 716. The molecule has 0 spiro atoms. The summed E-state index contributed by atoms with van der Waals surface area (Å²) in [6, 6.07) is 0. The van der Waals surface area contributed by atoms with Crippen LogP contribution < -0.4 is 0 Å². The smallest absolute Gasteiger partial charge is 0.0110 e. The van der Waals surface area contributed by atoms with Gasteiger partial charge in [-0.15, -0.1) is 0 Å². The van der Waals surface area contributed by atoms with Crippen molar-refractivity contribution in [3.05, 3.63) is 0 Å². The first-order valence-corrected chi connectivity index (χ1v) is 20.9. The first kappa shape index (κ1) is 45.8. The molecular weight excluding hydrogens is 589 g/mol. The van der Waals surface area contributed by atoms with Crippen LogP contribution in [0.4, 0.5) is 0 Å². The van der Waals surface area contributed by atoms with E-state index in [1.54, 1.807) is 0 Å². The van der Waals surface area contributed by atoms with Gasteiger partial charge in [-0.3, -0.25) is 0 Å². The number of nitrogens with zero attached hydrogens (tertiary/aromatic N) is 6. The molecule has 0 aromatic rings. The monoisotopic (exact) mass is 679 g/mol. The number of likely N-dealkylation sites (N-methyl/N-ethyl adjacent to an activating group) is 2. The fourth-order valence-corrected chi connectivity index (χ4v) is 6.23. The van der Waals surface area contributed by atoms with Gasteiger partial charge in [0.15, 0.2) is 0 Å². The first-order chi connectivity index (χ1) is 22.7. The van der Waals surface area contributed by atoms with Gasteiger partial charge in [-0.25, -0.2) is 0 Å². The molecule has 4 aliphatic rings. The molecule has 6 nitrogen and oxygen atoms in total. The van der Waals surface area contributed by atoms with E-state index in [2.05, 4.69) is 120 Å². The van der Waals surface area contributed by atoms with Crippen molar-refractivity contribution in [2.24, 2.45) is 41.4 Å². The fraction of sp³-hybridized carbons (Fsp3) is 1.00. The molecule has 2 atom stereocenters. The number of rotatable bonds is 14. The largest absolute Gasteiger partial charge is 0.306 e. The second kappa shape index (κ2) is 26.5. The van der Waals surface area contributed by atoms with Gasteiger partial charge in [0.1, 0.15) is 0 Å². The number of likely N-dealkylation sites (tertiary alicyclic amines) is 1. The maximum atomic E-state index is 2.63. The van der Waals surface area contributed by atoms with Crippen LogP contribution in [0.15, 0.2) is 0 Å². The van der Waals surface area contributed by atoms with Crippen LogP contribution in [0, 0.1) is 41.4 Å². The van der Waals surface area contributed by atoms with E-state index in [1.165, 1.54) is 143 Å². The highest BCUT2D eigenvalue weighted by atomic mass is 15.2. The van der Waals surface area contributed by atoms with E-state index in [4.69, 9.17) is 0 Å². The molecule has 0 bridgehead atoms. The van der Waals surface area contributed by atoms with Crippen LogP contribution in [0.5, 0.6) is 0 Å². The molecule has 6 heteroatoms. The Balaban J connectivity index is 0.000000320. The Morgan fingerprint density at radius 2 is 0.938 bits per heavy atom. The molecule has 3 aliphatic heterocycles. The van der Waals surface area contributed by atoms with Crippen LogP contribution in [-0.2, 0) is 0 Å². The van der Waals surface area contributed by atoms with Gasteiger partial charge in [-0.2, -0.15) is 0 Å². The first-order valence-electron chi connectivity index (χ1n) is 20.9. The Labute approximate surface area is 303 Å². The summed E-state index contributed by atoms with van der Waals surface area (Å²) in [7, 11) is 6.67. The molecule has 4 rings (SSSR count). The third-order valence-corrected chi connectivity index (χ3v) is 11.4. The van der Waals surface area contributed by atoms with E-state index in [1.807, 2.05) is 0 Å². The van der Waals surface area contributed by atoms with E-state index in [-0.39, 0.29) is 0 Å². The minimum absolute atomic E-state index is 0.819. The summed E-state index contributed by atoms with van der Waals surface area (Å²) in [4.78, 5) is 15.1. The maximum absolute atomic E-state index is 2.63. The molecule has 0 aromatic heterocycles. The maximum Gasteiger partial charge on any atom is 0.0110 e. The SMILES string of the molecule is CC(C)C(C)CN1CCCCC1.CC(C)C(C)CN1CCN(C)CC1.CC(C)CCN(C)CC1CC1.CC(C)CCN1CCN(C)CC1. The molecule has 0 N–H and O–H groups in total. The van der Waals surface area contributed by atoms with E-state index in [0.717, 1.165) is 41.4 Å². The normalized spacial score (nSPS) is 21.9. The Morgan fingerprint density at radius 3 is 1.33 bits per heavy atom. The average Bonchev–Trinajstić information content (AvgIpc) is 3.86. The quantitative estimate of drug-likeness (QED) is 0.185. The van der Waals surface area contributed by atoms with Crippen molar-refractivity contribution in [3.8, 4) is 0 Å². The van der Waals surface area contributed by atoms with E-state index < -0.39 is 0 Å². The van der Waals surface area contributed by atoms with Gasteiger partial charge < -0.3 is 29.4 Å². The van der Waals surface area contributed by atoms with Gasteiger partial charge in [0.05, 0.1) is 0 Å². The average molecular weight is 679 g/mol. The third-order valence-electron chi connectivity index (χ3n) is 11.4. The lowest BCUT2D eigenvalue weighted by Crippen LogP contribution is -2.46. The predicted octanol–water partition coefficient (Wildman–Crippen LogP) is 7.94. The molecule has 48 heavy (non-hydrogen) atoms. The molecule has 1 saturated carbocycles. The van der Waals surface area contributed by atoms with Crippen molar-refractivity contribution in [2.45, 2.75) is 114 Å². The van der Waals surface area contributed by atoms with Crippen LogP contribution >= 0.6 is 0 Å². The second-order valence-corrected chi connectivity index (χ2v) is 18.1. The molecule has 0 radical (unpaired) electrons. The van der Waals surface area contributed by atoms with Crippen molar-refractivity contribution in [3.63, 3.8) is 0 Å². The molecule has 0 aromatic carbocycles. The topological polar surface area (TPSA) is 19.4 Å². The van der Waals surface area contributed by atoms with Gasteiger partial charge in [0.25, 0.3) is 0 Å². The third kappa shape index (κ3) is 24.8. The van der Waals surface area contributed by atoms with Crippen LogP contribution in [0.2, 0.25) is 0 Å². The zero-order valence-corrected chi connectivity index (χ0v) is 35.3. The van der Waals surface area contributed by atoms with Gasteiger partial charge >= 0.3 is 0 Å². The molecule has 3 heterocycles. The van der Waals surface area contributed by atoms with Crippen molar-refractivity contribution in [2.75, 3.05) is 119 Å². The molecule has 2 unspecified atom stereocenters. The van der Waals surface area contributed by atoms with Crippen molar-refractivity contribution < 1.29 is 0 Å². The van der Waals surface area contributed by atoms with Crippen molar-refractivity contribution >= 4 is 0 Å². The van der Waals surface area contributed by atoms with Gasteiger partial charge in [0.2, 0.25) is 0 Å². The molecule has 1 aliphatic carbocycles. The number of hydrogen-bond acceptors (Lipinski definition) is 6. The van der Waals surface area contributed by atoms with Gasteiger partial charge in [-0.1, -0.05) is 75.7 Å². The Morgan fingerprint density at radius 1 is 0.521 bits per heavy atom. The highest BCUT2D eigenvalue weighted by molar-refractivity contribution is 4.76. The van der Waals surface area contributed by atoms with Crippen LogP contribution in [0.1, 0.15) is 114 Å². The van der Waals surface area contributed by atoms with E-state index in [0.29, 0.717) is 0 Å². The second-order valence-electron chi connectivity index (χ2n) is 18.1. The van der Waals surface area contributed by atoms with Crippen LogP contribution in [-0.4, -0.2) is 149 Å². The summed E-state index contributed by atoms with van der Waals surface area (Å²) in [6.45, 7) is 42.5. The summed E-state index contributed by atoms with van der Waals surface area (Å²) in [5.41, 5.74) is 0. The lowest BCUT2D eigenvalue weighted by atomic mass is 9.96. The van der Waals surface area contributed by atoms with Gasteiger partial charge in [0, 0.05) is 72.0 Å². The van der Waals surface area contributed by atoms with E-state index in [9.17, 15) is 0 Å². The molecule has 288 valence electrons. The van der Waals surface area contributed by atoms with Crippen LogP contribution in [0.25, 0.3) is 0 Å². The van der Waals surface area contributed by atoms with Gasteiger partial charge in [-0.05, 0) is 127 Å². The number of piperazine rings is 2. The molecule has 3 saturated heterocycles. The summed E-state index contributed by atoms with van der Waals surface area (Å²) < 4.78 is 0. The molecule has 0 amide bonds. The number of piperidine rings is 1. The lowest BCUT2D eigenvalue weighted by molar-refractivity contribution is 0.129. The highest BCUT2D eigenvalue weighted by Crippen LogP contribution is 2.29. The standard InChI is InChI=1S/C11H24N2.C11H23N.C10H22N2.C10H21N/c1-10(2)11(3)9-13-7-5-12(4)6-8-13;1-10(2)11(3)9-12-7-5-4-6-8-12;1-10(2)4-5-12-8-6-11(3)7-9-12;1-9(2)6-7-11(3)8-10-4-5-10/h10-11H,5-9H2,1-4H3;10-11H,4-9H2,1-3H3;10H,4-9H2,1-3H3;9-10H,4-8H2,1-3H3. The summed E-state index contributed by atoms with van der Waals surface area (Å²) in [5.74, 6) is 6.12. The van der Waals surface area contributed by atoms with E-state index >= 15 is 0 Å². The summed E-state index contributed by atoms with van der Waals surface area (Å²) in [6.07, 6.45) is 9.95. The zero-order chi connectivity index (χ0) is 36.1. The molecule has 4 fully saturated rings. The summed E-state index contributed by atoms with van der Waals surface area (Å²) >= 11 is 0. The predicted molar refractivity (Wildman–Crippen MR) is 215 cm³/mol.